The van der Waals surface area contributed by atoms with E-state index in [1.807, 2.05) is 49.6 Å². The van der Waals surface area contributed by atoms with Gasteiger partial charge in [0.05, 0.1) is 10.9 Å². The van der Waals surface area contributed by atoms with Crippen LogP contribution in [-0.2, 0) is 0 Å². The number of nitrogen functional groups attached to an aromatic ring is 1. The maximum atomic E-state index is 12.1. The van der Waals surface area contributed by atoms with Gasteiger partial charge in [-0.3, -0.25) is 4.79 Å². The maximum absolute atomic E-state index is 12.1. The lowest BCUT2D eigenvalue weighted by Gasteiger charge is -2.16. The molecule has 1 heterocycles. The van der Waals surface area contributed by atoms with Crippen molar-refractivity contribution in [3.63, 3.8) is 0 Å². The molecule has 0 fully saturated rings. The Labute approximate surface area is 111 Å². The fourth-order valence-electron chi connectivity index (χ4n) is 1.85. The Hall–Kier alpha value is -1.81. The van der Waals surface area contributed by atoms with E-state index in [-0.39, 0.29) is 11.9 Å². The van der Waals surface area contributed by atoms with Crippen LogP contribution in [0.3, 0.4) is 0 Å². The molecule has 0 saturated heterocycles. The number of amides is 1. The minimum absolute atomic E-state index is 0.0433. The summed E-state index contributed by atoms with van der Waals surface area (Å²) < 4.78 is 0. The van der Waals surface area contributed by atoms with Crippen molar-refractivity contribution < 1.29 is 4.79 Å². The second-order valence-electron chi connectivity index (χ2n) is 4.26. The van der Waals surface area contributed by atoms with Crippen LogP contribution >= 0.6 is 11.3 Å². The zero-order valence-electron chi connectivity index (χ0n) is 10.4. The van der Waals surface area contributed by atoms with E-state index in [1.165, 1.54) is 11.3 Å². The predicted molar refractivity (Wildman–Crippen MR) is 75.8 cm³/mol. The largest absolute Gasteiger partial charge is 0.398 e. The maximum Gasteiger partial charge on any atom is 0.262 e. The van der Waals surface area contributed by atoms with Gasteiger partial charge in [0.2, 0.25) is 0 Å². The Balaban J connectivity index is 2.13. The average Bonchev–Trinajstić information content (AvgIpc) is 2.76. The van der Waals surface area contributed by atoms with Gasteiger partial charge in [-0.05, 0) is 42.5 Å². The first-order chi connectivity index (χ1) is 8.59. The third kappa shape index (κ3) is 2.54. The monoisotopic (exact) mass is 260 g/mol. The standard InChI is InChI=1S/C14H16N2OS/c1-9-7-8-18-13(9)14(17)16-10(2)11-5-3-4-6-12(11)15/h3-8,10H,15H2,1-2H3,(H,16,17). The molecule has 1 amide bonds. The van der Waals surface area contributed by atoms with Crippen LogP contribution in [0.15, 0.2) is 35.7 Å². The third-order valence-electron chi connectivity index (χ3n) is 2.88. The SMILES string of the molecule is Cc1ccsc1C(=O)NC(C)c1ccccc1N. The molecule has 94 valence electrons. The lowest BCUT2D eigenvalue weighted by atomic mass is 10.1. The van der Waals surface area contributed by atoms with E-state index in [0.29, 0.717) is 5.69 Å². The van der Waals surface area contributed by atoms with Crippen LogP contribution in [0.4, 0.5) is 5.69 Å². The molecule has 1 aromatic heterocycles. The third-order valence-corrected chi connectivity index (χ3v) is 3.89. The Morgan fingerprint density at radius 1 is 1.33 bits per heavy atom. The van der Waals surface area contributed by atoms with Crippen molar-refractivity contribution in [1.29, 1.82) is 0 Å². The quantitative estimate of drug-likeness (QED) is 0.833. The van der Waals surface area contributed by atoms with Crippen LogP contribution in [0.25, 0.3) is 0 Å². The molecule has 0 spiro atoms. The first-order valence-electron chi connectivity index (χ1n) is 5.79. The number of hydrogen-bond donors (Lipinski definition) is 2. The molecular formula is C14H16N2OS. The number of anilines is 1. The summed E-state index contributed by atoms with van der Waals surface area (Å²) in [5, 5.41) is 4.89. The van der Waals surface area contributed by atoms with E-state index in [0.717, 1.165) is 16.0 Å². The van der Waals surface area contributed by atoms with Crippen LogP contribution in [0.5, 0.6) is 0 Å². The van der Waals surface area contributed by atoms with Gasteiger partial charge < -0.3 is 11.1 Å². The van der Waals surface area contributed by atoms with Gasteiger partial charge >= 0.3 is 0 Å². The summed E-state index contributed by atoms with van der Waals surface area (Å²) in [6, 6.07) is 9.43. The lowest BCUT2D eigenvalue weighted by molar-refractivity contribution is 0.0943. The summed E-state index contributed by atoms with van der Waals surface area (Å²) >= 11 is 1.46. The summed E-state index contributed by atoms with van der Waals surface area (Å²) in [6.07, 6.45) is 0. The molecule has 0 aliphatic heterocycles. The topological polar surface area (TPSA) is 55.1 Å². The van der Waals surface area contributed by atoms with Crippen LogP contribution in [-0.4, -0.2) is 5.91 Å². The van der Waals surface area contributed by atoms with E-state index < -0.39 is 0 Å². The molecule has 0 saturated carbocycles. The number of rotatable bonds is 3. The van der Waals surface area contributed by atoms with E-state index >= 15 is 0 Å². The van der Waals surface area contributed by atoms with E-state index in [1.54, 1.807) is 0 Å². The molecule has 0 aliphatic carbocycles. The highest BCUT2D eigenvalue weighted by Gasteiger charge is 2.15. The smallest absolute Gasteiger partial charge is 0.262 e. The molecule has 1 aromatic carbocycles. The molecular weight excluding hydrogens is 244 g/mol. The second-order valence-corrected chi connectivity index (χ2v) is 5.17. The number of aryl methyl sites for hydroxylation is 1. The van der Waals surface area contributed by atoms with Gasteiger partial charge in [0.15, 0.2) is 0 Å². The summed E-state index contributed by atoms with van der Waals surface area (Å²) in [5.74, 6) is -0.0433. The molecule has 2 aromatic rings. The highest BCUT2D eigenvalue weighted by atomic mass is 32.1. The van der Waals surface area contributed by atoms with Crippen LogP contribution in [0, 0.1) is 6.92 Å². The normalized spacial score (nSPS) is 12.1. The van der Waals surface area contributed by atoms with Gasteiger partial charge in [0, 0.05) is 5.69 Å². The molecule has 3 nitrogen and oxygen atoms in total. The van der Waals surface area contributed by atoms with E-state index in [2.05, 4.69) is 5.32 Å². The van der Waals surface area contributed by atoms with Gasteiger partial charge in [0.25, 0.3) is 5.91 Å². The minimum atomic E-state index is -0.0970. The highest BCUT2D eigenvalue weighted by Crippen LogP contribution is 2.21. The number of thiophene rings is 1. The number of hydrogen-bond acceptors (Lipinski definition) is 3. The molecule has 2 rings (SSSR count). The van der Waals surface area contributed by atoms with Crippen LogP contribution < -0.4 is 11.1 Å². The van der Waals surface area contributed by atoms with Crippen molar-refractivity contribution in [2.24, 2.45) is 0 Å². The Morgan fingerprint density at radius 2 is 2.06 bits per heavy atom. The summed E-state index contributed by atoms with van der Waals surface area (Å²) in [5.41, 5.74) is 8.55. The van der Waals surface area contributed by atoms with Gasteiger partial charge in [-0.15, -0.1) is 11.3 Å². The second kappa shape index (κ2) is 5.23. The Bertz CT molecular complexity index is 562. The molecule has 4 heteroatoms. The first kappa shape index (κ1) is 12.6. The Morgan fingerprint density at radius 3 is 2.67 bits per heavy atom. The predicted octanol–water partition coefficient (Wildman–Crippen LogP) is 3.13. The summed E-state index contributed by atoms with van der Waals surface area (Å²) in [4.78, 5) is 12.8. The first-order valence-corrected chi connectivity index (χ1v) is 6.67. The molecule has 18 heavy (non-hydrogen) atoms. The molecule has 0 radical (unpaired) electrons. The molecule has 3 N–H and O–H groups in total. The van der Waals surface area contributed by atoms with Gasteiger partial charge in [-0.25, -0.2) is 0 Å². The van der Waals surface area contributed by atoms with E-state index in [4.69, 9.17) is 5.73 Å². The van der Waals surface area contributed by atoms with Gasteiger partial charge in [0.1, 0.15) is 0 Å². The van der Waals surface area contributed by atoms with Crippen molar-refractivity contribution >= 4 is 22.9 Å². The zero-order valence-corrected chi connectivity index (χ0v) is 11.3. The van der Waals surface area contributed by atoms with Crippen LogP contribution in [0.2, 0.25) is 0 Å². The van der Waals surface area contributed by atoms with Crippen molar-refractivity contribution in [2.75, 3.05) is 5.73 Å². The lowest BCUT2D eigenvalue weighted by Crippen LogP contribution is -2.26. The number of carbonyl (C=O) groups is 1. The number of carbonyl (C=O) groups excluding carboxylic acids is 1. The number of benzene rings is 1. The number of nitrogens with two attached hydrogens (primary N) is 1. The van der Waals surface area contributed by atoms with Crippen molar-refractivity contribution in [2.45, 2.75) is 19.9 Å². The zero-order chi connectivity index (χ0) is 13.1. The van der Waals surface area contributed by atoms with Crippen LogP contribution in [0.1, 0.15) is 33.8 Å². The average molecular weight is 260 g/mol. The number of nitrogens with one attached hydrogen (secondary N) is 1. The van der Waals surface area contributed by atoms with E-state index in [9.17, 15) is 4.79 Å². The minimum Gasteiger partial charge on any atom is -0.398 e. The molecule has 0 aliphatic rings. The molecule has 1 unspecified atom stereocenters. The number of para-hydroxylation sites is 1. The molecule has 1 atom stereocenters. The summed E-state index contributed by atoms with van der Waals surface area (Å²) in [6.45, 7) is 3.87. The van der Waals surface area contributed by atoms with Crippen molar-refractivity contribution in [1.82, 2.24) is 5.32 Å². The van der Waals surface area contributed by atoms with Gasteiger partial charge in [-0.2, -0.15) is 0 Å². The van der Waals surface area contributed by atoms with Crippen molar-refractivity contribution in [3.8, 4) is 0 Å². The fraction of sp³-hybridized carbons (Fsp3) is 0.214. The highest BCUT2D eigenvalue weighted by molar-refractivity contribution is 7.12. The van der Waals surface area contributed by atoms with Gasteiger partial charge in [-0.1, -0.05) is 18.2 Å². The van der Waals surface area contributed by atoms with Crippen molar-refractivity contribution in [3.05, 3.63) is 51.7 Å². The fourth-order valence-corrected chi connectivity index (χ4v) is 2.68. The molecule has 0 bridgehead atoms. The Kier molecular flexibility index (Phi) is 3.67. The summed E-state index contributed by atoms with van der Waals surface area (Å²) in [7, 11) is 0.